The number of urea groups is 1. The van der Waals surface area contributed by atoms with Gasteiger partial charge in [0.05, 0.1) is 12.7 Å². The third-order valence-electron chi connectivity index (χ3n) is 8.58. The highest BCUT2D eigenvalue weighted by molar-refractivity contribution is 6.07. The van der Waals surface area contributed by atoms with E-state index < -0.39 is 11.4 Å². The lowest BCUT2D eigenvalue weighted by Gasteiger charge is -2.50. The molecule has 1 aromatic heterocycles. The van der Waals surface area contributed by atoms with Gasteiger partial charge in [0.25, 0.3) is 5.91 Å². The van der Waals surface area contributed by atoms with Crippen molar-refractivity contribution in [1.29, 1.82) is 0 Å². The molecule has 2 saturated carbocycles. The van der Waals surface area contributed by atoms with E-state index in [1.807, 2.05) is 11.0 Å². The van der Waals surface area contributed by atoms with E-state index in [1.165, 1.54) is 21.6 Å². The van der Waals surface area contributed by atoms with Crippen molar-refractivity contribution < 1.29 is 14.4 Å². The second-order valence-electron chi connectivity index (χ2n) is 10.8. The van der Waals surface area contributed by atoms with Crippen molar-refractivity contribution in [2.75, 3.05) is 20.6 Å². The monoisotopic (exact) mass is 493 g/mol. The van der Waals surface area contributed by atoms with Crippen molar-refractivity contribution in [3.8, 4) is 0 Å². The standard InChI is InChI=1S/C26H35N7O3/c1-30(2)25(20-9-4-3-5-10-20)11-13-26(14-12-25)23(35)32(24(36)33(26)15-19-7-6-8-19)17-21-16-31(29-28-21)18-22(27)34/h3-5,9-10,16,19H,6-8,11-15,17-18H2,1-2H3,(H2,27,34). The molecule has 4 amide bonds. The second kappa shape index (κ2) is 9.31. The van der Waals surface area contributed by atoms with Crippen LogP contribution in [0.5, 0.6) is 0 Å². The SMILES string of the molecule is CN(C)C1(c2ccccc2)CCC2(CC1)C(=O)N(Cc1cn(CC(N)=O)nn1)C(=O)N2CC1CCC1. The molecule has 2 N–H and O–H groups in total. The van der Waals surface area contributed by atoms with Crippen LogP contribution in [0, 0.1) is 5.92 Å². The Morgan fingerprint density at radius 1 is 1.11 bits per heavy atom. The van der Waals surface area contributed by atoms with Gasteiger partial charge >= 0.3 is 6.03 Å². The minimum atomic E-state index is -0.829. The first kappa shape index (κ1) is 24.4. The van der Waals surface area contributed by atoms with Gasteiger partial charge in [-0.1, -0.05) is 42.0 Å². The zero-order valence-corrected chi connectivity index (χ0v) is 21.1. The minimum Gasteiger partial charge on any atom is -0.368 e. The van der Waals surface area contributed by atoms with Gasteiger partial charge in [-0.15, -0.1) is 5.10 Å². The van der Waals surface area contributed by atoms with Crippen LogP contribution in [0.3, 0.4) is 0 Å². The van der Waals surface area contributed by atoms with Crippen LogP contribution in [0.1, 0.15) is 56.2 Å². The molecule has 0 atom stereocenters. The number of carbonyl (C=O) groups is 3. The molecule has 1 spiro atoms. The lowest BCUT2D eigenvalue weighted by atomic mass is 9.67. The van der Waals surface area contributed by atoms with Crippen molar-refractivity contribution in [3.63, 3.8) is 0 Å². The van der Waals surface area contributed by atoms with E-state index in [0.717, 1.165) is 25.7 Å². The topological polar surface area (TPSA) is 118 Å². The van der Waals surface area contributed by atoms with Gasteiger partial charge in [-0.25, -0.2) is 9.48 Å². The number of rotatable bonds is 8. The highest BCUT2D eigenvalue weighted by atomic mass is 16.2. The summed E-state index contributed by atoms with van der Waals surface area (Å²) >= 11 is 0. The van der Waals surface area contributed by atoms with Crippen LogP contribution >= 0.6 is 0 Å². The molecule has 1 aliphatic heterocycles. The Labute approximate surface area is 211 Å². The third kappa shape index (κ3) is 4.07. The highest BCUT2D eigenvalue weighted by Gasteiger charge is 2.60. The molecule has 192 valence electrons. The predicted molar refractivity (Wildman–Crippen MR) is 132 cm³/mol. The van der Waals surface area contributed by atoms with E-state index in [4.69, 9.17) is 5.73 Å². The Morgan fingerprint density at radius 2 is 1.81 bits per heavy atom. The predicted octanol–water partition coefficient (Wildman–Crippen LogP) is 2.10. The molecule has 2 aliphatic carbocycles. The van der Waals surface area contributed by atoms with Gasteiger partial charge in [0, 0.05) is 12.1 Å². The number of benzene rings is 1. The van der Waals surface area contributed by atoms with E-state index in [1.54, 1.807) is 6.20 Å². The van der Waals surface area contributed by atoms with Crippen molar-refractivity contribution in [1.82, 2.24) is 29.7 Å². The maximum absolute atomic E-state index is 14.0. The van der Waals surface area contributed by atoms with Gasteiger partial charge in [0.1, 0.15) is 17.8 Å². The van der Waals surface area contributed by atoms with Crippen LogP contribution in [0.15, 0.2) is 36.5 Å². The van der Waals surface area contributed by atoms with E-state index in [-0.39, 0.29) is 30.6 Å². The van der Waals surface area contributed by atoms with Gasteiger partial charge in [-0.3, -0.25) is 19.4 Å². The summed E-state index contributed by atoms with van der Waals surface area (Å²) in [5.74, 6) is -0.225. The molecule has 2 aromatic rings. The van der Waals surface area contributed by atoms with Crippen LogP contribution in [0.4, 0.5) is 4.79 Å². The summed E-state index contributed by atoms with van der Waals surface area (Å²) in [6, 6.07) is 10.2. The molecular weight excluding hydrogens is 458 g/mol. The number of amides is 4. The summed E-state index contributed by atoms with van der Waals surface area (Å²) in [5.41, 5.74) is 5.94. The normalized spacial score (nSPS) is 26.8. The van der Waals surface area contributed by atoms with Gasteiger partial charge < -0.3 is 10.6 Å². The van der Waals surface area contributed by atoms with Crippen LogP contribution in [-0.4, -0.2) is 73.7 Å². The molecule has 0 unspecified atom stereocenters. The summed E-state index contributed by atoms with van der Waals surface area (Å²) in [6.07, 6.45) is 7.74. The summed E-state index contributed by atoms with van der Waals surface area (Å²) < 4.78 is 1.33. The van der Waals surface area contributed by atoms with Crippen molar-refractivity contribution >= 4 is 17.8 Å². The Balaban J connectivity index is 1.42. The van der Waals surface area contributed by atoms with Gasteiger partial charge in [0.15, 0.2) is 0 Å². The number of hydrogen-bond donors (Lipinski definition) is 1. The Kier molecular flexibility index (Phi) is 6.32. The van der Waals surface area contributed by atoms with Crippen LogP contribution < -0.4 is 5.73 Å². The number of aromatic nitrogens is 3. The van der Waals surface area contributed by atoms with Crippen LogP contribution in [0.25, 0.3) is 0 Å². The molecule has 0 radical (unpaired) electrons. The summed E-state index contributed by atoms with van der Waals surface area (Å²) in [6.45, 7) is 0.561. The Morgan fingerprint density at radius 3 is 2.39 bits per heavy atom. The Bertz CT molecular complexity index is 1130. The molecule has 3 aliphatic rings. The Hall–Kier alpha value is -3.27. The number of imide groups is 1. The molecule has 1 aromatic carbocycles. The molecular formula is C26H35N7O3. The zero-order chi connectivity index (χ0) is 25.5. The van der Waals surface area contributed by atoms with E-state index in [0.29, 0.717) is 31.0 Å². The first-order chi connectivity index (χ1) is 17.2. The average Bonchev–Trinajstić information content (AvgIpc) is 3.34. The van der Waals surface area contributed by atoms with Crippen molar-refractivity contribution in [2.24, 2.45) is 11.7 Å². The summed E-state index contributed by atoms with van der Waals surface area (Å²) in [4.78, 5) is 44.4. The van der Waals surface area contributed by atoms with Gasteiger partial charge in [-0.05, 0) is 64.1 Å². The fourth-order valence-corrected chi connectivity index (χ4v) is 6.22. The highest BCUT2D eigenvalue weighted by Crippen LogP contribution is 2.50. The number of nitrogens with two attached hydrogens (primary N) is 1. The summed E-state index contributed by atoms with van der Waals surface area (Å²) in [5, 5.41) is 7.98. The number of primary amides is 1. The van der Waals surface area contributed by atoms with Crippen molar-refractivity contribution in [3.05, 3.63) is 47.8 Å². The lowest BCUT2D eigenvalue weighted by Crippen LogP contribution is -2.58. The second-order valence-corrected chi connectivity index (χ2v) is 10.8. The van der Waals surface area contributed by atoms with Gasteiger partial charge in [0.2, 0.25) is 5.91 Å². The molecule has 3 fully saturated rings. The van der Waals surface area contributed by atoms with Crippen LogP contribution in [0.2, 0.25) is 0 Å². The maximum atomic E-state index is 14.0. The van der Waals surface area contributed by atoms with E-state index >= 15 is 0 Å². The molecule has 0 bridgehead atoms. The third-order valence-corrected chi connectivity index (χ3v) is 8.58. The molecule has 36 heavy (non-hydrogen) atoms. The van der Waals surface area contributed by atoms with E-state index in [2.05, 4.69) is 53.6 Å². The molecule has 2 heterocycles. The lowest BCUT2D eigenvalue weighted by molar-refractivity contribution is -0.137. The first-order valence-electron chi connectivity index (χ1n) is 12.8. The quantitative estimate of drug-likeness (QED) is 0.563. The maximum Gasteiger partial charge on any atom is 0.328 e. The van der Waals surface area contributed by atoms with E-state index in [9.17, 15) is 14.4 Å². The largest absolute Gasteiger partial charge is 0.368 e. The molecule has 1 saturated heterocycles. The average molecular weight is 494 g/mol. The molecule has 10 heteroatoms. The number of nitrogens with zero attached hydrogens (tertiary/aromatic N) is 6. The molecule has 5 rings (SSSR count). The molecule has 10 nitrogen and oxygen atoms in total. The fraction of sp³-hybridized carbons (Fsp3) is 0.577. The summed E-state index contributed by atoms with van der Waals surface area (Å²) in [7, 11) is 4.20. The van der Waals surface area contributed by atoms with Crippen molar-refractivity contribution in [2.45, 2.75) is 69.1 Å². The smallest absolute Gasteiger partial charge is 0.328 e. The van der Waals surface area contributed by atoms with Crippen LogP contribution in [-0.2, 0) is 28.2 Å². The number of carbonyl (C=O) groups excluding carboxylic acids is 3. The fourth-order valence-electron chi connectivity index (χ4n) is 6.22. The first-order valence-corrected chi connectivity index (χ1v) is 12.8. The minimum absolute atomic E-state index is 0.0385. The van der Waals surface area contributed by atoms with Gasteiger partial charge in [-0.2, -0.15) is 0 Å². The number of hydrogen-bond acceptors (Lipinski definition) is 6. The zero-order valence-electron chi connectivity index (χ0n) is 21.1.